The smallest absolute Gasteiger partial charge is 0.319 e. The maximum atomic E-state index is 12.7. The summed E-state index contributed by atoms with van der Waals surface area (Å²) in [7, 11) is 0. The molecule has 0 atom stereocenters. The molecule has 1 saturated carbocycles. The highest BCUT2D eigenvalue weighted by Gasteiger charge is 2.53. The van der Waals surface area contributed by atoms with E-state index >= 15 is 0 Å². The molecule has 0 spiro atoms. The van der Waals surface area contributed by atoms with Crippen molar-refractivity contribution in [3.63, 3.8) is 0 Å². The maximum absolute atomic E-state index is 12.7. The zero-order chi connectivity index (χ0) is 14.6. The summed E-state index contributed by atoms with van der Waals surface area (Å²) in [5.74, 6) is -0.743. The number of rotatable bonds is 7. The summed E-state index contributed by atoms with van der Waals surface area (Å²) in [6, 6.07) is 0.159. The first-order chi connectivity index (χ1) is 8.89. The van der Waals surface area contributed by atoms with E-state index in [1.165, 1.54) is 0 Å². The first-order valence-electron chi connectivity index (χ1n) is 7.43. The Balaban J connectivity index is 2.96. The maximum Gasteiger partial charge on any atom is 0.319 e. The van der Waals surface area contributed by atoms with Gasteiger partial charge in [-0.3, -0.25) is 9.59 Å². The molecule has 4 heteroatoms. The number of carboxylic acids is 1. The van der Waals surface area contributed by atoms with E-state index in [9.17, 15) is 14.7 Å². The average Bonchev–Trinajstić information content (AvgIpc) is 2.26. The minimum Gasteiger partial charge on any atom is -0.480 e. The van der Waals surface area contributed by atoms with E-state index in [2.05, 4.69) is 27.7 Å². The molecule has 0 aromatic carbocycles. The lowest BCUT2D eigenvalue weighted by molar-refractivity contribution is -0.169. The Kier molecular flexibility index (Phi) is 5.39. The van der Waals surface area contributed by atoms with E-state index in [1.54, 1.807) is 0 Å². The van der Waals surface area contributed by atoms with Crippen LogP contribution in [0.5, 0.6) is 0 Å². The molecule has 0 unspecified atom stereocenters. The van der Waals surface area contributed by atoms with Crippen molar-refractivity contribution in [3.05, 3.63) is 0 Å². The summed E-state index contributed by atoms with van der Waals surface area (Å²) in [6.45, 7) is 8.90. The van der Waals surface area contributed by atoms with Crippen molar-refractivity contribution in [1.29, 1.82) is 0 Å². The van der Waals surface area contributed by atoms with Gasteiger partial charge in [0.2, 0.25) is 5.91 Å². The van der Waals surface area contributed by atoms with Gasteiger partial charge in [0.05, 0.1) is 0 Å². The molecule has 19 heavy (non-hydrogen) atoms. The van der Waals surface area contributed by atoms with Gasteiger partial charge in [-0.05, 0) is 31.6 Å². The molecule has 1 rings (SSSR count). The van der Waals surface area contributed by atoms with Gasteiger partial charge in [0.1, 0.15) is 5.41 Å². The van der Waals surface area contributed by atoms with Crippen LogP contribution in [-0.4, -0.2) is 34.5 Å². The minimum absolute atomic E-state index is 0.159. The summed E-state index contributed by atoms with van der Waals surface area (Å²) in [6.07, 6.45) is 3.59. The van der Waals surface area contributed by atoms with Crippen molar-refractivity contribution < 1.29 is 14.7 Å². The van der Waals surface area contributed by atoms with Crippen LogP contribution in [0.25, 0.3) is 0 Å². The molecular formula is C15H27NO3. The van der Waals surface area contributed by atoms with Gasteiger partial charge in [0.15, 0.2) is 0 Å². The van der Waals surface area contributed by atoms with Gasteiger partial charge >= 0.3 is 5.97 Å². The lowest BCUT2D eigenvalue weighted by atomic mass is 9.67. The van der Waals surface area contributed by atoms with Crippen LogP contribution in [0, 0.1) is 11.3 Å². The summed E-state index contributed by atoms with van der Waals surface area (Å²) in [5.41, 5.74) is -1.13. The lowest BCUT2D eigenvalue weighted by Crippen LogP contribution is -2.56. The molecule has 0 bridgehead atoms. The van der Waals surface area contributed by atoms with Gasteiger partial charge < -0.3 is 10.0 Å². The highest BCUT2D eigenvalue weighted by atomic mass is 16.4. The highest BCUT2D eigenvalue weighted by Crippen LogP contribution is 2.43. The molecule has 0 saturated heterocycles. The number of hydrogen-bond donors (Lipinski definition) is 1. The van der Waals surface area contributed by atoms with Crippen molar-refractivity contribution in [1.82, 2.24) is 4.90 Å². The zero-order valence-electron chi connectivity index (χ0n) is 12.6. The van der Waals surface area contributed by atoms with E-state index < -0.39 is 11.4 Å². The molecular weight excluding hydrogens is 242 g/mol. The van der Waals surface area contributed by atoms with E-state index in [4.69, 9.17) is 0 Å². The van der Waals surface area contributed by atoms with Gasteiger partial charge in [-0.2, -0.15) is 0 Å². The normalized spacial score (nSPS) is 17.4. The molecule has 0 aromatic heterocycles. The van der Waals surface area contributed by atoms with Gasteiger partial charge in [-0.25, -0.2) is 0 Å². The van der Waals surface area contributed by atoms with Gasteiger partial charge in [0.25, 0.3) is 0 Å². The number of aliphatic carboxylic acids is 1. The number of amides is 1. The zero-order valence-corrected chi connectivity index (χ0v) is 12.6. The van der Waals surface area contributed by atoms with Crippen LogP contribution in [-0.2, 0) is 9.59 Å². The molecule has 0 aromatic rings. The first kappa shape index (κ1) is 16.0. The monoisotopic (exact) mass is 269 g/mol. The number of carbonyl (C=O) groups excluding carboxylic acids is 1. The Bertz CT molecular complexity index is 330. The number of carboxylic acid groups (broad SMARTS) is 1. The Morgan fingerprint density at radius 2 is 1.74 bits per heavy atom. The summed E-state index contributed by atoms with van der Waals surface area (Å²) < 4.78 is 0. The molecule has 0 aliphatic heterocycles. The van der Waals surface area contributed by atoms with Crippen LogP contribution in [0.4, 0.5) is 0 Å². The molecule has 4 nitrogen and oxygen atoms in total. The second-order valence-corrected chi connectivity index (χ2v) is 6.06. The van der Waals surface area contributed by atoms with E-state index in [1.807, 2.05) is 4.90 Å². The minimum atomic E-state index is -1.13. The van der Waals surface area contributed by atoms with E-state index in [0.29, 0.717) is 25.3 Å². The Morgan fingerprint density at radius 3 is 2.00 bits per heavy atom. The average molecular weight is 269 g/mol. The number of carbonyl (C=O) groups is 2. The largest absolute Gasteiger partial charge is 0.480 e. The molecule has 0 heterocycles. The quantitative estimate of drug-likeness (QED) is 0.723. The van der Waals surface area contributed by atoms with Crippen LogP contribution in [0.1, 0.15) is 59.8 Å². The van der Waals surface area contributed by atoms with Crippen molar-refractivity contribution in [2.45, 2.75) is 65.8 Å². The topological polar surface area (TPSA) is 57.6 Å². The Hall–Kier alpha value is -1.06. The van der Waals surface area contributed by atoms with Crippen LogP contribution >= 0.6 is 0 Å². The second kappa shape index (κ2) is 6.40. The standard InChI is InChI=1S/C15H27NO3/c1-5-12(6-2)16(10-11(3)4)13(17)15(14(18)19)8-7-9-15/h11-12H,5-10H2,1-4H3,(H,18,19). The Labute approximate surface area is 116 Å². The van der Waals surface area contributed by atoms with Crippen molar-refractivity contribution in [3.8, 4) is 0 Å². The molecule has 110 valence electrons. The molecule has 0 radical (unpaired) electrons. The highest BCUT2D eigenvalue weighted by molar-refractivity contribution is 6.03. The predicted molar refractivity (Wildman–Crippen MR) is 74.8 cm³/mol. The van der Waals surface area contributed by atoms with Crippen molar-refractivity contribution in [2.75, 3.05) is 6.54 Å². The fourth-order valence-electron chi connectivity index (χ4n) is 2.85. The fourth-order valence-corrected chi connectivity index (χ4v) is 2.85. The molecule has 1 aliphatic rings. The third-order valence-electron chi connectivity index (χ3n) is 4.23. The molecule has 1 aliphatic carbocycles. The number of hydrogen-bond acceptors (Lipinski definition) is 2. The second-order valence-electron chi connectivity index (χ2n) is 6.06. The predicted octanol–water partition coefficient (Wildman–Crippen LogP) is 2.91. The van der Waals surface area contributed by atoms with Gasteiger partial charge in [-0.1, -0.05) is 34.1 Å². The third-order valence-corrected chi connectivity index (χ3v) is 4.23. The van der Waals surface area contributed by atoms with Gasteiger partial charge in [-0.15, -0.1) is 0 Å². The summed E-state index contributed by atoms with van der Waals surface area (Å²) in [5, 5.41) is 9.42. The first-order valence-corrected chi connectivity index (χ1v) is 7.43. The third kappa shape index (κ3) is 3.10. The number of nitrogens with zero attached hydrogens (tertiary/aromatic N) is 1. The van der Waals surface area contributed by atoms with E-state index in [-0.39, 0.29) is 11.9 Å². The summed E-state index contributed by atoms with van der Waals surface area (Å²) in [4.78, 5) is 26.0. The fraction of sp³-hybridized carbons (Fsp3) is 0.867. The van der Waals surface area contributed by atoms with Crippen LogP contribution in [0.2, 0.25) is 0 Å². The van der Waals surface area contributed by atoms with Crippen molar-refractivity contribution in [2.24, 2.45) is 11.3 Å². The lowest BCUT2D eigenvalue weighted by Gasteiger charge is -2.43. The summed E-state index contributed by atoms with van der Waals surface area (Å²) >= 11 is 0. The van der Waals surface area contributed by atoms with Crippen LogP contribution in [0.3, 0.4) is 0 Å². The molecule has 1 fully saturated rings. The SMILES string of the molecule is CCC(CC)N(CC(C)C)C(=O)C1(C(=O)O)CCC1. The molecule has 1 amide bonds. The van der Waals surface area contributed by atoms with Crippen LogP contribution in [0.15, 0.2) is 0 Å². The van der Waals surface area contributed by atoms with Crippen molar-refractivity contribution >= 4 is 11.9 Å². The molecule has 1 N–H and O–H groups in total. The Morgan fingerprint density at radius 1 is 1.21 bits per heavy atom. The van der Waals surface area contributed by atoms with Gasteiger partial charge in [0, 0.05) is 12.6 Å². The van der Waals surface area contributed by atoms with E-state index in [0.717, 1.165) is 19.3 Å². The van der Waals surface area contributed by atoms with Crippen LogP contribution < -0.4 is 0 Å².